The molecule has 0 aliphatic carbocycles. The minimum Gasteiger partial charge on any atom is -0.456 e. The van der Waals surface area contributed by atoms with Crippen LogP contribution in [0.15, 0.2) is 12.1 Å². The SMILES string of the molecule is CCc1ccc(F)c(C(=O)OC(C)(C)C)c1Cl. The summed E-state index contributed by atoms with van der Waals surface area (Å²) in [5, 5.41) is 0.141. The monoisotopic (exact) mass is 258 g/mol. The molecule has 0 atom stereocenters. The molecule has 0 amide bonds. The number of carbonyl (C=O) groups is 1. The van der Waals surface area contributed by atoms with Crippen LogP contribution in [0, 0.1) is 5.82 Å². The van der Waals surface area contributed by atoms with Gasteiger partial charge in [-0.3, -0.25) is 0 Å². The van der Waals surface area contributed by atoms with E-state index in [9.17, 15) is 9.18 Å². The second-order valence-electron chi connectivity index (χ2n) is 4.75. The van der Waals surface area contributed by atoms with Gasteiger partial charge in [-0.2, -0.15) is 0 Å². The summed E-state index contributed by atoms with van der Waals surface area (Å²) in [4.78, 5) is 11.8. The molecule has 1 aromatic carbocycles. The fraction of sp³-hybridized carbons (Fsp3) is 0.462. The first-order valence-electron chi connectivity index (χ1n) is 5.46. The number of rotatable bonds is 2. The van der Waals surface area contributed by atoms with Crippen LogP contribution >= 0.6 is 11.6 Å². The molecule has 0 aliphatic rings. The lowest BCUT2D eigenvalue weighted by molar-refractivity contribution is 0.00648. The summed E-state index contributed by atoms with van der Waals surface area (Å²) >= 11 is 6.00. The minimum atomic E-state index is -0.727. The maximum absolute atomic E-state index is 13.6. The predicted octanol–water partition coefficient (Wildman–Crippen LogP) is 4.00. The van der Waals surface area contributed by atoms with Crippen molar-refractivity contribution in [1.29, 1.82) is 0 Å². The van der Waals surface area contributed by atoms with E-state index in [1.54, 1.807) is 26.8 Å². The smallest absolute Gasteiger partial charge is 0.343 e. The molecule has 0 radical (unpaired) electrons. The van der Waals surface area contributed by atoms with Gasteiger partial charge in [0, 0.05) is 0 Å². The van der Waals surface area contributed by atoms with E-state index in [2.05, 4.69) is 0 Å². The molecule has 17 heavy (non-hydrogen) atoms. The third-order valence-electron chi connectivity index (χ3n) is 2.16. The highest BCUT2D eigenvalue weighted by Gasteiger charge is 2.24. The molecule has 0 heterocycles. The second kappa shape index (κ2) is 5.05. The highest BCUT2D eigenvalue weighted by Crippen LogP contribution is 2.26. The first-order chi connectivity index (χ1) is 7.76. The van der Waals surface area contributed by atoms with Gasteiger partial charge in [-0.25, -0.2) is 9.18 Å². The minimum absolute atomic E-state index is 0.141. The molecule has 0 fully saturated rings. The molecular formula is C13H16ClFO2. The predicted molar refractivity (Wildman–Crippen MR) is 66.0 cm³/mol. The molecule has 0 saturated heterocycles. The molecule has 0 N–H and O–H groups in total. The summed E-state index contributed by atoms with van der Waals surface area (Å²) in [5.41, 5.74) is -0.121. The van der Waals surface area contributed by atoms with Gasteiger partial charge in [-0.15, -0.1) is 0 Å². The van der Waals surface area contributed by atoms with Gasteiger partial charge in [-0.1, -0.05) is 24.6 Å². The molecular weight excluding hydrogens is 243 g/mol. The molecule has 0 bridgehead atoms. The van der Waals surface area contributed by atoms with E-state index in [0.717, 1.165) is 5.56 Å². The van der Waals surface area contributed by atoms with E-state index >= 15 is 0 Å². The fourth-order valence-electron chi connectivity index (χ4n) is 1.38. The Hall–Kier alpha value is -1.09. The molecule has 4 heteroatoms. The van der Waals surface area contributed by atoms with Crippen LogP contribution in [0.25, 0.3) is 0 Å². The maximum atomic E-state index is 13.6. The van der Waals surface area contributed by atoms with Crippen molar-refractivity contribution in [2.24, 2.45) is 0 Å². The van der Waals surface area contributed by atoms with Crippen molar-refractivity contribution in [3.8, 4) is 0 Å². The summed E-state index contributed by atoms with van der Waals surface area (Å²) in [5.74, 6) is -1.38. The molecule has 0 unspecified atom stereocenters. The fourth-order valence-corrected chi connectivity index (χ4v) is 1.75. The van der Waals surface area contributed by atoms with Crippen molar-refractivity contribution in [1.82, 2.24) is 0 Å². The molecule has 0 aromatic heterocycles. The highest BCUT2D eigenvalue weighted by atomic mass is 35.5. The normalized spacial score (nSPS) is 11.4. The van der Waals surface area contributed by atoms with E-state index in [-0.39, 0.29) is 10.6 Å². The number of benzene rings is 1. The van der Waals surface area contributed by atoms with E-state index in [1.165, 1.54) is 6.07 Å². The lowest BCUT2D eigenvalue weighted by Gasteiger charge is -2.20. The Labute approximate surface area is 106 Å². The van der Waals surface area contributed by atoms with Crippen LogP contribution in [0.2, 0.25) is 5.02 Å². The largest absolute Gasteiger partial charge is 0.456 e. The van der Waals surface area contributed by atoms with Gasteiger partial charge in [0.1, 0.15) is 17.0 Å². The number of hydrogen-bond donors (Lipinski definition) is 0. The quantitative estimate of drug-likeness (QED) is 0.750. The Bertz CT molecular complexity index is 436. The van der Waals surface area contributed by atoms with E-state index in [0.29, 0.717) is 6.42 Å². The van der Waals surface area contributed by atoms with Crippen LogP contribution in [0.5, 0.6) is 0 Å². The molecule has 0 aliphatic heterocycles. The zero-order chi connectivity index (χ0) is 13.2. The first-order valence-corrected chi connectivity index (χ1v) is 5.84. The van der Waals surface area contributed by atoms with Crippen LogP contribution in [-0.4, -0.2) is 11.6 Å². The van der Waals surface area contributed by atoms with Gasteiger partial charge in [-0.05, 0) is 38.8 Å². The zero-order valence-corrected chi connectivity index (χ0v) is 11.2. The molecule has 0 saturated carbocycles. The summed E-state index contributed by atoms with van der Waals surface area (Å²) in [6.45, 7) is 7.05. The number of carbonyl (C=O) groups excluding carboxylic acids is 1. The summed E-state index contributed by atoms with van der Waals surface area (Å²) in [6.07, 6.45) is 0.634. The van der Waals surface area contributed by atoms with Gasteiger partial charge in [0.05, 0.1) is 5.02 Å². The standard InChI is InChI=1S/C13H16ClFO2/c1-5-8-6-7-9(15)10(11(8)14)12(16)17-13(2,3)4/h6-7H,5H2,1-4H3. The van der Waals surface area contributed by atoms with E-state index < -0.39 is 17.4 Å². The number of ether oxygens (including phenoxy) is 1. The molecule has 2 nitrogen and oxygen atoms in total. The van der Waals surface area contributed by atoms with Crippen LogP contribution in [0.4, 0.5) is 4.39 Å². The highest BCUT2D eigenvalue weighted by molar-refractivity contribution is 6.34. The van der Waals surface area contributed by atoms with Gasteiger partial charge < -0.3 is 4.74 Å². The second-order valence-corrected chi connectivity index (χ2v) is 5.13. The van der Waals surface area contributed by atoms with Crippen molar-refractivity contribution >= 4 is 17.6 Å². The Morgan fingerprint density at radius 3 is 2.47 bits per heavy atom. The van der Waals surface area contributed by atoms with Crippen LogP contribution in [-0.2, 0) is 11.2 Å². The topological polar surface area (TPSA) is 26.3 Å². The Kier molecular flexibility index (Phi) is 4.15. The number of halogens is 2. The van der Waals surface area contributed by atoms with Crippen LogP contribution in [0.1, 0.15) is 43.6 Å². The van der Waals surface area contributed by atoms with E-state index in [1.807, 2.05) is 6.92 Å². The number of esters is 1. The lowest BCUT2D eigenvalue weighted by Crippen LogP contribution is -2.24. The van der Waals surface area contributed by atoms with Gasteiger partial charge in [0.15, 0.2) is 0 Å². The Morgan fingerprint density at radius 2 is 2.00 bits per heavy atom. The van der Waals surface area contributed by atoms with Crippen molar-refractivity contribution in [2.45, 2.75) is 39.7 Å². The lowest BCUT2D eigenvalue weighted by atomic mass is 10.1. The molecule has 1 aromatic rings. The third-order valence-corrected chi connectivity index (χ3v) is 2.59. The summed E-state index contributed by atoms with van der Waals surface area (Å²) in [6, 6.07) is 2.81. The Morgan fingerprint density at radius 1 is 1.41 bits per heavy atom. The number of hydrogen-bond acceptors (Lipinski definition) is 2. The van der Waals surface area contributed by atoms with Crippen molar-refractivity contribution in [3.05, 3.63) is 34.1 Å². The van der Waals surface area contributed by atoms with Crippen LogP contribution in [0.3, 0.4) is 0 Å². The Balaban J connectivity index is 3.17. The maximum Gasteiger partial charge on any atom is 0.343 e. The van der Waals surface area contributed by atoms with Gasteiger partial charge in [0.25, 0.3) is 0 Å². The van der Waals surface area contributed by atoms with Crippen LogP contribution < -0.4 is 0 Å². The third kappa shape index (κ3) is 3.43. The average Bonchev–Trinajstić information content (AvgIpc) is 2.15. The molecule has 1 rings (SSSR count). The molecule has 0 spiro atoms. The van der Waals surface area contributed by atoms with Crippen molar-refractivity contribution in [2.75, 3.05) is 0 Å². The first kappa shape index (κ1) is 14.0. The van der Waals surface area contributed by atoms with Gasteiger partial charge in [0.2, 0.25) is 0 Å². The van der Waals surface area contributed by atoms with Crippen molar-refractivity contribution in [3.63, 3.8) is 0 Å². The summed E-state index contributed by atoms with van der Waals surface area (Å²) in [7, 11) is 0. The van der Waals surface area contributed by atoms with Crippen molar-refractivity contribution < 1.29 is 13.9 Å². The average molecular weight is 259 g/mol. The zero-order valence-electron chi connectivity index (χ0n) is 10.4. The molecule has 94 valence electrons. The number of aryl methyl sites for hydroxylation is 1. The summed E-state index contributed by atoms with van der Waals surface area (Å²) < 4.78 is 18.7. The van der Waals surface area contributed by atoms with E-state index in [4.69, 9.17) is 16.3 Å². The van der Waals surface area contributed by atoms with Gasteiger partial charge >= 0.3 is 5.97 Å².